The van der Waals surface area contributed by atoms with E-state index < -0.39 is 57.2 Å². The normalized spacial score (nSPS) is 22.7. The Balaban J connectivity index is 3.66. The van der Waals surface area contributed by atoms with Gasteiger partial charge in [-0.15, -0.1) is 0 Å². The van der Waals surface area contributed by atoms with Gasteiger partial charge in [0.05, 0.1) is 0 Å². The Morgan fingerprint density at radius 2 is 0.828 bits per heavy atom. The van der Waals surface area contributed by atoms with Crippen LogP contribution < -0.4 is 0 Å². The van der Waals surface area contributed by atoms with E-state index in [0.717, 1.165) is 27.7 Å². The Bertz CT molecular complexity index is 602. The fraction of sp³-hybridized carbons (Fsp3) is 1.00. The summed E-state index contributed by atoms with van der Waals surface area (Å²) in [4.78, 5) is -5.92. The molecule has 1 aliphatic rings. The topological polar surface area (TPSA) is 0 Å². The molecule has 0 atom stereocenters. The molecule has 1 aliphatic heterocycles. The zero-order valence-electron chi connectivity index (χ0n) is 15.4. The van der Waals surface area contributed by atoms with Gasteiger partial charge in [-0.25, -0.2) is 0 Å². The zero-order valence-corrected chi connectivity index (χ0v) is 17.2. The second kappa shape index (κ2) is 6.80. The third kappa shape index (κ3) is 3.63. The van der Waals surface area contributed by atoms with E-state index in [2.05, 4.69) is 0 Å². The molecule has 14 heteroatoms. The van der Waals surface area contributed by atoms with Gasteiger partial charge in [0.25, 0.3) is 0 Å². The van der Waals surface area contributed by atoms with E-state index in [1.165, 1.54) is 0 Å². The van der Waals surface area contributed by atoms with Gasteiger partial charge in [0, 0.05) is 0 Å². The minimum atomic E-state index is -7.83. The number of hydrogen-bond acceptors (Lipinski definition) is 0. The predicted molar refractivity (Wildman–Crippen MR) is 78.5 cm³/mol. The van der Waals surface area contributed by atoms with Crippen molar-refractivity contribution < 1.29 is 57.1 Å². The van der Waals surface area contributed by atoms with Crippen molar-refractivity contribution in [2.45, 2.75) is 90.3 Å². The van der Waals surface area contributed by atoms with E-state index in [1.54, 1.807) is 0 Å². The summed E-state index contributed by atoms with van der Waals surface area (Å²) in [6.07, 6.45) is -7.48. The average Bonchev–Trinajstić information content (AvgIpc) is 2.42. The summed E-state index contributed by atoms with van der Waals surface area (Å²) < 4.78 is 171. The fourth-order valence-electron chi connectivity index (χ4n) is 3.47. The maximum absolute atomic E-state index is 14.8. The van der Waals surface area contributed by atoms with Crippen molar-refractivity contribution in [2.75, 3.05) is 0 Å². The van der Waals surface area contributed by atoms with E-state index in [9.17, 15) is 57.1 Å². The molecule has 0 N–H and O–H groups in total. The number of alkyl halides is 13. The molecular formula is C15H18F13Se. The van der Waals surface area contributed by atoms with Crippen molar-refractivity contribution in [1.82, 2.24) is 0 Å². The van der Waals surface area contributed by atoms with Crippen LogP contribution in [-0.2, 0) is 0 Å². The van der Waals surface area contributed by atoms with Gasteiger partial charge in [-0.3, -0.25) is 0 Å². The number of hydrogen-bond donors (Lipinski definition) is 0. The molecule has 0 bridgehead atoms. The first-order valence-electron chi connectivity index (χ1n) is 8.03. The molecule has 0 aromatic carbocycles. The van der Waals surface area contributed by atoms with Crippen LogP contribution in [0.4, 0.5) is 57.1 Å². The second-order valence-corrected chi connectivity index (χ2v) is 15.0. The molecule has 0 nitrogen and oxygen atoms in total. The van der Waals surface area contributed by atoms with Crippen LogP contribution in [-0.4, -0.2) is 48.6 Å². The van der Waals surface area contributed by atoms with Crippen LogP contribution in [0.1, 0.15) is 47.0 Å². The molecule has 0 aromatic rings. The quantitative estimate of drug-likeness (QED) is 0.258. The number of halogens is 13. The molecule has 175 valence electrons. The molecule has 0 unspecified atom stereocenters. The molecule has 1 fully saturated rings. The van der Waals surface area contributed by atoms with E-state index in [-0.39, 0.29) is 19.3 Å². The van der Waals surface area contributed by atoms with E-state index in [1.807, 2.05) is 0 Å². The third-order valence-electron chi connectivity index (χ3n) is 4.82. The van der Waals surface area contributed by atoms with Gasteiger partial charge in [-0.1, -0.05) is 0 Å². The van der Waals surface area contributed by atoms with Crippen molar-refractivity contribution in [2.24, 2.45) is 0 Å². The SMILES string of the molecule is CC1(C)CCCC(C)(C)[Se]1C(F)(F)C(F)(F)C(F)(F)C(F)(F)C(F)(F)C(F)(F)F. The van der Waals surface area contributed by atoms with Gasteiger partial charge in [0.2, 0.25) is 0 Å². The first-order chi connectivity index (χ1) is 12.3. The summed E-state index contributed by atoms with van der Waals surface area (Å²) in [6.45, 7) is 4.12. The van der Waals surface area contributed by atoms with E-state index >= 15 is 0 Å². The average molecular weight is 524 g/mol. The van der Waals surface area contributed by atoms with Gasteiger partial charge < -0.3 is 0 Å². The van der Waals surface area contributed by atoms with Crippen LogP contribution in [0.3, 0.4) is 0 Å². The van der Waals surface area contributed by atoms with Gasteiger partial charge in [0.1, 0.15) is 0 Å². The third-order valence-corrected chi connectivity index (χ3v) is 11.9. The molecule has 0 amide bonds. The summed E-state index contributed by atoms with van der Waals surface area (Å²) in [5.74, 6) is -30.4. The summed E-state index contributed by atoms with van der Waals surface area (Å²) >= 11 is -4.38. The van der Waals surface area contributed by atoms with E-state index in [4.69, 9.17) is 0 Å². The van der Waals surface area contributed by atoms with E-state index in [0.29, 0.717) is 0 Å². The summed E-state index contributed by atoms with van der Waals surface area (Å²) in [5, 5.41) is 0. The standard InChI is InChI=1S/C15H18F13Se/c1-8(2)6-5-7-9(3,4)29(8)15(27,28)13(22,23)11(18,19)10(16,17)12(20,21)14(24,25)26/h5-7H2,1-4H3. The van der Waals surface area contributed by atoms with Gasteiger partial charge in [0.15, 0.2) is 0 Å². The Labute approximate surface area is 162 Å². The molecule has 0 saturated carbocycles. The molecular weight excluding hydrogens is 506 g/mol. The minimum absolute atomic E-state index is 0.159. The first-order valence-corrected chi connectivity index (χ1v) is 10.6. The Kier molecular flexibility index (Phi) is 6.25. The molecule has 0 aliphatic carbocycles. The van der Waals surface area contributed by atoms with Crippen LogP contribution in [0, 0.1) is 0 Å². The fourth-order valence-corrected chi connectivity index (χ4v) is 11.8. The van der Waals surface area contributed by atoms with Gasteiger partial charge in [-0.05, 0) is 0 Å². The molecule has 0 aromatic heterocycles. The van der Waals surface area contributed by atoms with Crippen LogP contribution in [0.5, 0.6) is 0 Å². The second-order valence-electron chi connectivity index (χ2n) is 7.99. The molecule has 1 heterocycles. The van der Waals surface area contributed by atoms with Crippen molar-refractivity contribution >= 4 is 13.9 Å². The molecule has 1 rings (SSSR count). The molecule has 29 heavy (non-hydrogen) atoms. The zero-order chi connectivity index (χ0) is 23.7. The van der Waals surface area contributed by atoms with Crippen LogP contribution in [0.25, 0.3) is 0 Å². The van der Waals surface area contributed by atoms with Crippen molar-refractivity contribution in [1.29, 1.82) is 0 Å². The summed E-state index contributed by atoms with van der Waals surface area (Å²) in [5.41, 5.74) is 0. The van der Waals surface area contributed by atoms with Crippen molar-refractivity contribution in [3.63, 3.8) is 0 Å². The maximum atomic E-state index is 14.8. The Hall–Kier alpha value is -0.391. The van der Waals surface area contributed by atoms with Gasteiger partial charge >= 0.3 is 161 Å². The summed E-state index contributed by atoms with van der Waals surface area (Å²) in [7, 11) is 0. The predicted octanol–water partition coefficient (Wildman–Crippen LogP) is 7.50. The van der Waals surface area contributed by atoms with Gasteiger partial charge in [-0.2, -0.15) is 0 Å². The van der Waals surface area contributed by atoms with Crippen LogP contribution in [0.15, 0.2) is 0 Å². The summed E-state index contributed by atoms with van der Waals surface area (Å²) in [6, 6.07) is 0. The monoisotopic (exact) mass is 525 g/mol. The Morgan fingerprint density at radius 3 is 1.14 bits per heavy atom. The first kappa shape index (κ1) is 26.6. The molecule has 1 radical (unpaired) electrons. The van der Waals surface area contributed by atoms with Crippen molar-refractivity contribution in [3.05, 3.63) is 0 Å². The molecule has 1 saturated heterocycles. The van der Waals surface area contributed by atoms with Crippen LogP contribution in [0.2, 0.25) is 8.63 Å². The molecule has 0 spiro atoms. The van der Waals surface area contributed by atoms with Crippen molar-refractivity contribution in [3.8, 4) is 0 Å². The Morgan fingerprint density at radius 1 is 0.517 bits per heavy atom. The van der Waals surface area contributed by atoms with Crippen LogP contribution >= 0.6 is 0 Å². The number of rotatable bonds is 5.